The highest BCUT2D eigenvalue weighted by Crippen LogP contribution is 2.22. The lowest BCUT2D eigenvalue weighted by Gasteiger charge is -2.08. The first-order chi connectivity index (χ1) is 7.77. The molecule has 0 radical (unpaired) electrons. The van der Waals surface area contributed by atoms with Gasteiger partial charge in [0.15, 0.2) is 0 Å². The molecule has 0 spiro atoms. The molecular weight excluding hydrogens is 224 g/mol. The topological polar surface area (TPSA) is 38.1 Å². The summed E-state index contributed by atoms with van der Waals surface area (Å²) in [5, 5.41) is 14.1. The van der Waals surface area contributed by atoms with E-state index in [4.69, 9.17) is 11.6 Å². The third-order valence-electron chi connectivity index (χ3n) is 2.54. The van der Waals surface area contributed by atoms with E-state index in [1.165, 1.54) is 0 Å². The monoisotopic (exact) mass is 236 g/mol. The Labute approximate surface area is 99.3 Å². The van der Waals surface area contributed by atoms with Crippen molar-refractivity contribution >= 4 is 11.6 Å². The van der Waals surface area contributed by atoms with Gasteiger partial charge >= 0.3 is 0 Å². The predicted octanol–water partition coefficient (Wildman–Crippen LogP) is 2.58. The minimum absolute atomic E-state index is 0.00757. The Hall–Kier alpha value is -1.32. The molecule has 1 heterocycles. The van der Waals surface area contributed by atoms with E-state index >= 15 is 0 Å². The Bertz CT molecular complexity index is 494. The van der Waals surface area contributed by atoms with Gasteiger partial charge in [-0.05, 0) is 18.6 Å². The number of aliphatic hydroxyl groups excluding tert-OH is 1. The molecule has 0 aliphatic rings. The maximum atomic E-state index is 9.19. The van der Waals surface area contributed by atoms with E-state index in [-0.39, 0.29) is 6.61 Å². The van der Waals surface area contributed by atoms with Crippen LogP contribution in [-0.4, -0.2) is 14.9 Å². The van der Waals surface area contributed by atoms with Gasteiger partial charge in [-0.1, -0.05) is 30.7 Å². The summed E-state index contributed by atoms with van der Waals surface area (Å²) in [5.41, 5.74) is 2.69. The second-order valence-electron chi connectivity index (χ2n) is 3.49. The van der Waals surface area contributed by atoms with Crippen molar-refractivity contribution in [2.45, 2.75) is 20.0 Å². The minimum Gasteiger partial charge on any atom is -0.392 e. The quantitative estimate of drug-likeness (QED) is 0.890. The first-order valence-corrected chi connectivity index (χ1v) is 5.57. The molecule has 2 rings (SSSR count). The summed E-state index contributed by atoms with van der Waals surface area (Å²) >= 11 is 6.12. The van der Waals surface area contributed by atoms with Crippen LogP contribution >= 0.6 is 11.6 Å². The fraction of sp³-hybridized carbons (Fsp3) is 0.250. The Balaban J connectivity index is 2.56. The number of rotatable bonds is 3. The number of halogens is 1. The van der Waals surface area contributed by atoms with Crippen LogP contribution in [0.5, 0.6) is 0 Å². The van der Waals surface area contributed by atoms with Gasteiger partial charge in [0.2, 0.25) is 0 Å². The molecule has 1 N–H and O–H groups in total. The van der Waals surface area contributed by atoms with Gasteiger partial charge < -0.3 is 5.11 Å². The predicted molar refractivity (Wildman–Crippen MR) is 63.9 cm³/mol. The minimum atomic E-state index is 0.00757. The molecule has 0 atom stereocenters. The first kappa shape index (κ1) is 11.2. The molecule has 0 aliphatic heterocycles. The van der Waals surface area contributed by atoms with E-state index in [1.54, 1.807) is 10.9 Å². The molecule has 0 saturated heterocycles. The summed E-state index contributed by atoms with van der Waals surface area (Å²) in [6.45, 7) is 2.04. The third kappa shape index (κ3) is 1.84. The summed E-state index contributed by atoms with van der Waals surface area (Å²) < 4.78 is 1.79. The SMILES string of the molecule is CCc1c(CO)cnn1-c1ccccc1Cl. The van der Waals surface area contributed by atoms with Crippen molar-refractivity contribution < 1.29 is 5.11 Å². The molecule has 84 valence electrons. The second-order valence-corrected chi connectivity index (χ2v) is 3.90. The number of hydrogen-bond acceptors (Lipinski definition) is 2. The number of nitrogens with zero attached hydrogens (tertiary/aromatic N) is 2. The van der Waals surface area contributed by atoms with Crippen LogP contribution in [0.25, 0.3) is 5.69 Å². The molecule has 0 saturated carbocycles. The largest absolute Gasteiger partial charge is 0.392 e. The van der Waals surface area contributed by atoms with E-state index in [9.17, 15) is 5.11 Å². The highest BCUT2D eigenvalue weighted by Gasteiger charge is 2.11. The van der Waals surface area contributed by atoms with Crippen molar-refractivity contribution in [2.75, 3.05) is 0 Å². The number of para-hydroxylation sites is 1. The van der Waals surface area contributed by atoms with Gasteiger partial charge in [-0.3, -0.25) is 0 Å². The van der Waals surface area contributed by atoms with Crippen molar-refractivity contribution in [3.05, 3.63) is 46.7 Å². The lowest BCUT2D eigenvalue weighted by atomic mass is 10.2. The number of aromatic nitrogens is 2. The molecule has 2 aromatic rings. The highest BCUT2D eigenvalue weighted by molar-refractivity contribution is 6.32. The molecule has 0 aliphatic carbocycles. The molecule has 0 amide bonds. The van der Waals surface area contributed by atoms with Crippen molar-refractivity contribution in [2.24, 2.45) is 0 Å². The van der Waals surface area contributed by atoms with Gasteiger partial charge in [-0.2, -0.15) is 5.10 Å². The zero-order chi connectivity index (χ0) is 11.5. The fourth-order valence-corrected chi connectivity index (χ4v) is 1.96. The summed E-state index contributed by atoms with van der Waals surface area (Å²) in [4.78, 5) is 0. The van der Waals surface area contributed by atoms with E-state index < -0.39 is 0 Å². The first-order valence-electron chi connectivity index (χ1n) is 5.19. The molecule has 0 bridgehead atoms. The maximum Gasteiger partial charge on any atom is 0.0835 e. The van der Waals surface area contributed by atoms with Gasteiger partial charge in [0.1, 0.15) is 0 Å². The summed E-state index contributed by atoms with van der Waals surface area (Å²) in [6.07, 6.45) is 2.49. The second kappa shape index (κ2) is 4.68. The lowest BCUT2D eigenvalue weighted by Crippen LogP contribution is -2.03. The Kier molecular flexibility index (Phi) is 3.27. The van der Waals surface area contributed by atoms with E-state index in [2.05, 4.69) is 5.10 Å². The maximum absolute atomic E-state index is 9.19. The van der Waals surface area contributed by atoms with E-state index in [0.717, 1.165) is 23.4 Å². The van der Waals surface area contributed by atoms with Crippen molar-refractivity contribution in [3.8, 4) is 5.69 Å². The highest BCUT2D eigenvalue weighted by atomic mass is 35.5. The molecule has 3 nitrogen and oxygen atoms in total. The van der Waals surface area contributed by atoms with Crippen LogP contribution in [0.15, 0.2) is 30.5 Å². The molecule has 0 unspecified atom stereocenters. The zero-order valence-corrected chi connectivity index (χ0v) is 9.78. The number of hydrogen-bond donors (Lipinski definition) is 1. The number of benzene rings is 1. The Morgan fingerprint density at radius 3 is 2.75 bits per heavy atom. The van der Waals surface area contributed by atoms with Crippen molar-refractivity contribution in [3.63, 3.8) is 0 Å². The average Bonchev–Trinajstić information content (AvgIpc) is 2.72. The standard InChI is InChI=1S/C12H13ClN2O/c1-2-11-9(8-16)7-14-15(11)12-6-4-3-5-10(12)13/h3-7,16H,2,8H2,1H3. The van der Waals surface area contributed by atoms with Crippen LogP contribution in [-0.2, 0) is 13.0 Å². The van der Waals surface area contributed by atoms with E-state index in [0.29, 0.717) is 5.02 Å². The van der Waals surface area contributed by atoms with Gasteiger partial charge in [-0.15, -0.1) is 0 Å². The van der Waals surface area contributed by atoms with E-state index in [1.807, 2.05) is 31.2 Å². The zero-order valence-electron chi connectivity index (χ0n) is 9.02. The van der Waals surface area contributed by atoms with Crippen LogP contribution in [0.2, 0.25) is 5.02 Å². The number of aliphatic hydroxyl groups is 1. The third-order valence-corrected chi connectivity index (χ3v) is 2.86. The molecule has 1 aromatic heterocycles. The van der Waals surface area contributed by atoms with Crippen LogP contribution < -0.4 is 0 Å². The van der Waals surface area contributed by atoms with Crippen LogP contribution in [0, 0.1) is 0 Å². The van der Waals surface area contributed by atoms with Gasteiger partial charge in [0.05, 0.1) is 23.5 Å². The van der Waals surface area contributed by atoms with Crippen LogP contribution in [0.3, 0.4) is 0 Å². The van der Waals surface area contributed by atoms with Gasteiger partial charge in [-0.25, -0.2) is 4.68 Å². The molecule has 0 fully saturated rings. The fourth-order valence-electron chi connectivity index (χ4n) is 1.75. The van der Waals surface area contributed by atoms with Gasteiger partial charge in [0, 0.05) is 11.3 Å². The van der Waals surface area contributed by atoms with Crippen LogP contribution in [0.4, 0.5) is 0 Å². The van der Waals surface area contributed by atoms with Crippen molar-refractivity contribution in [1.82, 2.24) is 9.78 Å². The molecule has 16 heavy (non-hydrogen) atoms. The van der Waals surface area contributed by atoms with Crippen LogP contribution in [0.1, 0.15) is 18.2 Å². The summed E-state index contributed by atoms with van der Waals surface area (Å²) in [6, 6.07) is 7.54. The lowest BCUT2D eigenvalue weighted by molar-refractivity contribution is 0.280. The average molecular weight is 237 g/mol. The Morgan fingerprint density at radius 2 is 2.12 bits per heavy atom. The molecular formula is C12H13ClN2O. The molecule has 4 heteroatoms. The summed E-state index contributed by atoms with van der Waals surface area (Å²) in [5.74, 6) is 0. The van der Waals surface area contributed by atoms with Crippen molar-refractivity contribution in [1.29, 1.82) is 0 Å². The van der Waals surface area contributed by atoms with Gasteiger partial charge in [0.25, 0.3) is 0 Å². The summed E-state index contributed by atoms with van der Waals surface area (Å²) in [7, 11) is 0. The Morgan fingerprint density at radius 1 is 1.38 bits per heavy atom. The smallest absolute Gasteiger partial charge is 0.0835 e. The molecule has 1 aromatic carbocycles. The normalized spacial score (nSPS) is 10.7.